The Balaban J connectivity index is 1.87. The molecule has 24 heavy (non-hydrogen) atoms. The number of piperidine rings is 1. The van der Waals surface area contributed by atoms with Gasteiger partial charge in [0.05, 0.1) is 5.69 Å². The molecule has 6 heteroatoms. The number of aromatic nitrogens is 2. The minimum Gasteiger partial charge on any atom is -0.396 e. The van der Waals surface area contributed by atoms with Crippen LogP contribution in [0, 0.1) is 6.92 Å². The lowest BCUT2D eigenvalue weighted by atomic mass is 9.99. The van der Waals surface area contributed by atoms with Crippen LogP contribution in [0.25, 0.3) is 5.69 Å². The first-order valence-electron chi connectivity index (χ1n) is 8.34. The lowest BCUT2D eigenvalue weighted by Gasteiger charge is -2.35. The smallest absolute Gasteiger partial charge is 0.274 e. The number of rotatable bonds is 4. The van der Waals surface area contributed by atoms with Gasteiger partial charge in [0.1, 0.15) is 0 Å². The number of benzene rings is 1. The molecule has 0 spiro atoms. The maximum Gasteiger partial charge on any atom is 0.274 e. The normalized spacial score (nSPS) is 18.0. The van der Waals surface area contributed by atoms with Gasteiger partial charge in [-0.25, -0.2) is 4.68 Å². The van der Waals surface area contributed by atoms with Crippen LogP contribution in [0.1, 0.15) is 41.9 Å². The van der Waals surface area contributed by atoms with E-state index in [4.69, 9.17) is 11.6 Å². The van der Waals surface area contributed by atoms with Crippen molar-refractivity contribution < 1.29 is 9.90 Å². The van der Waals surface area contributed by atoms with Crippen LogP contribution >= 0.6 is 11.6 Å². The lowest BCUT2D eigenvalue weighted by molar-refractivity contribution is 0.0568. The first-order valence-corrected chi connectivity index (χ1v) is 8.72. The fourth-order valence-corrected chi connectivity index (χ4v) is 3.50. The van der Waals surface area contributed by atoms with Gasteiger partial charge in [0.15, 0.2) is 5.69 Å². The van der Waals surface area contributed by atoms with Crippen LogP contribution in [0.4, 0.5) is 0 Å². The topological polar surface area (TPSA) is 58.4 Å². The van der Waals surface area contributed by atoms with Crippen LogP contribution in [0.3, 0.4) is 0 Å². The number of amides is 1. The number of hydrogen-bond donors (Lipinski definition) is 1. The Labute approximate surface area is 146 Å². The Morgan fingerprint density at radius 1 is 1.38 bits per heavy atom. The summed E-state index contributed by atoms with van der Waals surface area (Å²) in [5.74, 6) is -0.0583. The number of carbonyl (C=O) groups excluding carboxylic acids is 1. The van der Waals surface area contributed by atoms with Crippen molar-refractivity contribution in [2.75, 3.05) is 13.2 Å². The van der Waals surface area contributed by atoms with Crippen LogP contribution in [-0.4, -0.2) is 44.9 Å². The first kappa shape index (κ1) is 17.0. The van der Waals surface area contributed by atoms with Crippen molar-refractivity contribution in [3.8, 4) is 5.69 Å². The molecular formula is C18H22ClN3O2. The second-order valence-corrected chi connectivity index (χ2v) is 6.66. The van der Waals surface area contributed by atoms with E-state index in [1.807, 2.05) is 42.2 Å². The van der Waals surface area contributed by atoms with Crippen molar-refractivity contribution in [2.45, 2.75) is 38.6 Å². The van der Waals surface area contributed by atoms with Crippen molar-refractivity contribution in [2.24, 2.45) is 0 Å². The number of halogens is 1. The van der Waals surface area contributed by atoms with Crippen molar-refractivity contribution in [1.29, 1.82) is 0 Å². The van der Waals surface area contributed by atoms with E-state index in [0.717, 1.165) is 37.2 Å². The summed E-state index contributed by atoms with van der Waals surface area (Å²) in [6.45, 7) is 2.75. The zero-order valence-corrected chi connectivity index (χ0v) is 14.5. The highest BCUT2D eigenvalue weighted by atomic mass is 35.5. The Bertz CT molecular complexity index is 727. The molecule has 1 saturated heterocycles. The third-order valence-corrected chi connectivity index (χ3v) is 4.74. The van der Waals surface area contributed by atoms with E-state index in [9.17, 15) is 9.90 Å². The zero-order chi connectivity index (χ0) is 17.1. The number of aliphatic hydroxyl groups is 1. The quantitative estimate of drug-likeness (QED) is 0.923. The summed E-state index contributed by atoms with van der Waals surface area (Å²) < 4.78 is 1.74. The number of likely N-dealkylation sites (tertiary alicyclic amines) is 1. The van der Waals surface area contributed by atoms with Gasteiger partial charge in [-0.3, -0.25) is 4.79 Å². The summed E-state index contributed by atoms with van der Waals surface area (Å²) in [5.41, 5.74) is 2.17. The molecule has 5 nitrogen and oxygen atoms in total. The maximum atomic E-state index is 12.9. The monoisotopic (exact) mass is 347 g/mol. The van der Waals surface area contributed by atoms with Crippen molar-refractivity contribution in [3.05, 3.63) is 46.7 Å². The van der Waals surface area contributed by atoms with Gasteiger partial charge in [0.25, 0.3) is 5.91 Å². The molecule has 2 aromatic rings. The molecule has 3 rings (SSSR count). The van der Waals surface area contributed by atoms with Gasteiger partial charge in [-0.15, -0.1) is 0 Å². The van der Waals surface area contributed by atoms with E-state index in [0.29, 0.717) is 17.1 Å². The summed E-state index contributed by atoms with van der Waals surface area (Å²) in [6, 6.07) is 9.33. The van der Waals surface area contributed by atoms with Gasteiger partial charge in [0.2, 0.25) is 0 Å². The second kappa shape index (κ2) is 7.36. The molecule has 1 amide bonds. The van der Waals surface area contributed by atoms with E-state index in [2.05, 4.69) is 5.10 Å². The Kier molecular flexibility index (Phi) is 5.21. The van der Waals surface area contributed by atoms with Gasteiger partial charge in [-0.1, -0.05) is 17.7 Å². The van der Waals surface area contributed by atoms with Gasteiger partial charge < -0.3 is 10.0 Å². The molecule has 0 aliphatic carbocycles. The Morgan fingerprint density at radius 3 is 2.96 bits per heavy atom. The van der Waals surface area contributed by atoms with E-state index < -0.39 is 0 Å². The minimum absolute atomic E-state index is 0.0583. The molecular weight excluding hydrogens is 326 g/mol. The molecule has 1 aromatic carbocycles. The number of hydrogen-bond acceptors (Lipinski definition) is 3. The molecule has 128 valence electrons. The van der Waals surface area contributed by atoms with Crippen molar-refractivity contribution >= 4 is 17.5 Å². The summed E-state index contributed by atoms with van der Waals surface area (Å²) in [5, 5.41) is 14.4. The predicted octanol–water partition coefficient (Wildman–Crippen LogP) is 3.21. The fourth-order valence-electron chi connectivity index (χ4n) is 3.31. The van der Waals surface area contributed by atoms with E-state index in [-0.39, 0.29) is 18.6 Å². The predicted molar refractivity (Wildman–Crippen MR) is 93.7 cm³/mol. The SMILES string of the molecule is Cc1cc(C(=O)N2CCCCC2CCO)nn1-c1cccc(Cl)c1. The van der Waals surface area contributed by atoms with E-state index >= 15 is 0 Å². The Morgan fingerprint density at radius 2 is 2.21 bits per heavy atom. The average Bonchev–Trinajstić information content (AvgIpc) is 2.97. The molecule has 1 fully saturated rings. The lowest BCUT2D eigenvalue weighted by Crippen LogP contribution is -2.44. The average molecular weight is 348 g/mol. The standard InChI is InChI=1S/C18H22ClN3O2/c1-13-11-17(20-22(13)16-7-4-5-14(19)12-16)18(24)21-9-3-2-6-15(21)8-10-23/h4-5,7,11-12,15,23H,2-3,6,8-10H2,1H3. The molecule has 2 heterocycles. The van der Waals surface area contributed by atoms with Crippen LogP contribution in [0.15, 0.2) is 30.3 Å². The molecule has 0 saturated carbocycles. The maximum absolute atomic E-state index is 12.9. The highest BCUT2D eigenvalue weighted by Gasteiger charge is 2.28. The summed E-state index contributed by atoms with van der Waals surface area (Å²) in [4.78, 5) is 14.8. The third-order valence-electron chi connectivity index (χ3n) is 4.51. The van der Waals surface area contributed by atoms with Gasteiger partial charge in [-0.05, 0) is 56.9 Å². The largest absolute Gasteiger partial charge is 0.396 e. The molecule has 1 atom stereocenters. The highest BCUT2D eigenvalue weighted by molar-refractivity contribution is 6.30. The minimum atomic E-state index is -0.0583. The molecule has 1 aromatic heterocycles. The van der Waals surface area contributed by atoms with Crippen LogP contribution < -0.4 is 0 Å². The molecule has 1 N–H and O–H groups in total. The Hall–Kier alpha value is -1.85. The van der Waals surface area contributed by atoms with Crippen LogP contribution in [0.2, 0.25) is 5.02 Å². The summed E-state index contributed by atoms with van der Waals surface area (Å²) in [6.07, 6.45) is 3.67. The zero-order valence-electron chi connectivity index (χ0n) is 13.8. The number of carbonyl (C=O) groups is 1. The summed E-state index contributed by atoms with van der Waals surface area (Å²) in [7, 11) is 0. The molecule has 1 aliphatic heterocycles. The molecule has 0 bridgehead atoms. The third kappa shape index (κ3) is 3.47. The van der Waals surface area contributed by atoms with E-state index in [1.165, 1.54) is 0 Å². The first-order chi connectivity index (χ1) is 11.6. The molecule has 0 radical (unpaired) electrons. The van der Waals surface area contributed by atoms with Crippen molar-refractivity contribution in [3.63, 3.8) is 0 Å². The van der Waals surface area contributed by atoms with Gasteiger partial charge >= 0.3 is 0 Å². The molecule has 1 unspecified atom stereocenters. The van der Waals surface area contributed by atoms with Gasteiger partial charge in [-0.2, -0.15) is 5.10 Å². The van der Waals surface area contributed by atoms with Crippen molar-refractivity contribution in [1.82, 2.24) is 14.7 Å². The van der Waals surface area contributed by atoms with Crippen LogP contribution in [0.5, 0.6) is 0 Å². The summed E-state index contributed by atoms with van der Waals surface area (Å²) >= 11 is 6.05. The number of nitrogens with zero attached hydrogens (tertiary/aromatic N) is 3. The second-order valence-electron chi connectivity index (χ2n) is 6.22. The molecule has 1 aliphatic rings. The number of aliphatic hydroxyl groups excluding tert-OH is 1. The number of aryl methyl sites for hydroxylation is 1. The van der Waals surface area contributed by atoms with E-state index in [1.54, 1.807) is 4.68 Å². The fraction of sp³-hybridized carbons (Fsp3) is 0.444. The van der Waals surface area contributed by atoms with Gasteiger partial charge in [0, 0.05) is 29.9 Å². The highest BCUT2D eigenvalue weighted by Crippen LogP contribution is 2.23. The van der Waals surface area contributed by atoms with Crippen LogP contribution in [-0.2, 0) is 0 Å².